The van der Waals surface area contributed by atoms with Crippen molar-refractivity contribution in [2.45, 2.75) is 44.3 Å². The molecule has 6 heteroatoms. The second-order valence-corrected chi connectivity index (χ2v) is 4.43. The van der Waals surface area contributed by atoms with Gasteiger partial charge in [-0.1, -0.05) is 6.42 Å². The normalized spacial score (nSPS) is 21.2. The summed E-state index contributed by atoms with van der Waals surface area (Å²) >= 11 is 0. The summed E-state index contributed by atoms with van der Waals surface area (Å²) in [7, 11) is 0. The molecule has 0 unspecified atom stereocenters. The van der Waals surface area contributed by atoms with Crippen molar-refractivity contribution in [3.8, 4) is 0 Å². The van der Waals surface area contributed by atoms with Crippen LogP contribution in [0.1, 0.15) is 32.1 Å². The highest BCUT2D eigenvalue weighted by Crippen LogP contribution is 2.37. The molecule has 0 aliphatic heterocycles. The van der Waals surface area contributed by atoms with Crippen LogP contribution in [-0.4, -0.2) is 23.3 Å². The first-order valence-corrected chi connectivity index (χ1v) is 5.34. The zero-order chi connectivity index (χ0) is 12.3. The minimum Gasteiger partial charge on any atom is -0.481 e. The average Bonchev–Trinajstić information content (AvgIpc) is 1.96. The maximum Gasteiger partial charge on any atom is 0.392 e. The van der Waals surface area contributed by atoms with Crippen LogP contribution in [-0.2, 0) is 4.79 Å². The summed E-state index contributed by atoms with van der Waals surface area (Å²) in [6, 6.07) is -0.528. The number of nitrogens with two attached hydrogens (primary N) is 1. The Morgan fingerprint density at radius 3 is 2.31 bits per heavy atom. The number of aliphatic carboxylic acids is 1. The fourth-order valence-corrected chi connectivity index (χ4v) is 1.93. The van der Waals surface area contributed by atoms with E-state index in [1.54, 1.807) is 0 Å². The van der Waals surface area contributed by atoms with Crippen LogP contribution >= 0.6 is 0 Å². The Morgan fingerprint density at radius 1 is 1.44 bits per heavy atom. The molecule has 0 bridgehead atoms. The summed E-state index contributed by atoms with van der Waals surface area (Å²) in [6.45, 7) is 0. The van der Waals surface area contributed by atoms with Gasteiger partial charge in [-0.3, -0.25) is 4.79 Å². The minimum atomic E-state index is -4.47. The Morgan fingerprint density at radius 2 is 2.00 bits per heavy atom. The van der Waals surface area contributed by atoms with Gasteiger partial charge in [0, 0.05) is 6.04 Å². The molecule has 0 aromatic carbocycles. The number of carboxylic acid groups (broad SMARTS) is 1. The number of hydrogen-bond donors (Lipinski definition) is 2. The van der Waals surface area contributed by atoms with Gasteiger partial charge in [-0.2, -0.15) is 13.2 Å². The quantitative estimate of drug-likeness (QED) is 0.772. The molecule has 1 saturated carbocycles. The molecule has 16 heavy (non-hydrogen) atoms. The number of carboxylic acids is 1. The van der Waals surface area contributed by atoms with Gasteiger partial charge < -0.3 is 10.8 Å². The topological polar surface area (TPSA) is 63.3 Å². The summed E-state index contributed by atoms with van der Waals surface area (Å²) in [5, 5.41) is 8.43. The molecule has 0 radical (unpaired) electrons. The van der Waals surface area contributed by atoms with Crippen LogP contribution in [0.2, 0.25) is 0 Å². The van der Waals surface area contributed by atoms with Gasteiger partial charge in [0.05, 0.1) is 12.3 Å². The van der Waals surface area contributed by atoms with Gasteiger partial charge in [-0.05, 0) is 25.2 Å². The third-order valence-corrected chi connectivity index (χ3v) is 3.20. The van der Waals surface area contributed by atoms with Crippen molar-refractivity contribution in [2.24, 2.45) is 17.6 Å². The van der Waals surface area contributed by atoms with Gasteiger partial charge >= 0.3 is 12.1 Å². The van der Waals surface area contributed by atoms with Crippen molar-refractivity contribution < 1.29 is 23.1 Å². The predicted molar refractivity (Wildman–Crippen MR) is 51.7 cm³/mol. The highest BCUT2D eigenvalue weighted by Gasteiger charge is 2.42. The zero-order valence-corrected chi connectivity index (χ0v) is 8.83. The summed E-state index contributed by atoms with van der Waals surface area (Å²) in [5.41, 5.74) is 5.66. The number of alkyl halides is 3. The van der Waals surface area contributed by atoms with Crippen LogP contribution in [0.4, 0.5) is 13.2 Å². The highest BCUT2D eigenvalue weighted by molar-refractivity contribution is 5.67. The second kappa shape index (κ2) is 5.03. The van der Waals surface area contributed by atoms with Crippen LogP contribution in [0.25, 0.3) is 0 Å². The minimum absolute atomic E-state index is 0.138. The molecule has 1 rings (SSSR count). The number of rotatable bonds is 5. The van der Waals surface area contributed by atoms with E-state index in [1.807, 2.05) is 0 Å². The lowest BCUT2D eigenvalue weighted by molar-refractivity contribution is -0.186. The molecular weight excluding hydrogens is 223 g/mol. The Labute approximate surface area is 91.8 Å². The van der Waals surface area contributed by atoms with E-state index < -0.39 is 30.5 Å². The van der Waals surface area contributed by atoms with Crippen LogP contribution in [0.5, 0.6) is 0 Å². The first kappa shape index (κ1) is 13.3. The smallest absolute Gasteiger partial charge is 0.392 e. The molecular formula is C10H16F3NO2. The molecule has 1 aliphatic rings. The zero-order valence-electron chi connectivity index (χ0n) is 8.83. The lowest BCUT2D eigenvalue weighted by Crippen LogP contribution is -2.39. The Balaban J connectivity index is 2.51. The summed E-state index contributed by atoms with van der Waals surface area (Å²) in [4.78, 5) is 10.4. The average molecular weight is 239 g/mol. The van der Waals surface area contributed by atoms with Gasteiger partial charge in [0.25, 0.3) is 0 Å². The Bertz CT molecular complexity index is 251. The predicted octanol–water partition coefficient (Wildman–Crippen LogP) is 2.16. The second-order valence-electron chi connectivity index (χ2n) is 4.43. The van der Waals surface area contributed by atoms with Crippen molar-refractivity contribution >= 4 is 5.97 Å². The lowest BCUT2D eigenvalue weighted by Gasteiger charge is -2.33. The van der Waals surface area contributed by atoms with Crippen molar-refractivity contribution in [1.29, 1.82) is 0 Å². The van der Waals surface area contributed by atoms with Crippen LogP contribution in [0.15, 0.2) is 0 Å². The summed E-state index contributed by atoms with van der Waals surface area (Å²) < 4.78 is 37.5. The van der Waals surface area contributed by atoms with Crippen LogP contribution < -0.4 is 5.73 Å². The van der Waals surface area contributed by atoms with E-state index >= 15 is 0 Å². The van der Waals surface area contributed by atoms with Gasteiger partial charge in [-0.25, -0.2) is 0 Å². The monoisotopic (exact) mass is 239 g/mol. The summed E-state index contributed by atoms with van der Waals surface area (Å²) in [6.07, 6.45) is -2.91. The molecule has 0 saturated heterocycles. The maximum absolute atomic E-state index is 12.5. The molecule has 0 spiro atoms. The van der Waals surface area contributed by atoms with E-state index in [1.165, 1.54) is 0 Å². The van der Waals surface area contributed by atoms with Gasteiger partial charge in [0.1, 0.15) is 0 Å². The van der Waals surface area contributed by atoms with Crippen molar-refractivity contribution in [3.63, 3.8) is 0 Å². The molecule has 0 aromatic rings. The lowest BCUT2D eigenvalue weighted by atomic mass is 9.76. The molecule has 3 N–H and O–H groups in total. The molecule has 3 nitrogen and oxygen atoms in total. The van der Waals surface area contributed by atoms with E-state index in [0.29, 0.717) is 0 Å². The van der Waals surface area contributed by atoms with E-state index in [-0.39, 0.29) is 12.3 Å². The number of halogens is 3. The third kappa shape index (κ3) is 3.66. The van der Waals surface area contributed by atoms with Crippen molar-refractivity contribution in [1.82, 2.24) is 0 Å². The standard InChI is InChI=1S/C10H16F3NO2/c11-10(12,13)7(5-9(15)16)4-8(14)6-2-1-3-6/h6-8H,1-5,14H2,(H,15,16)/t7-,8-/m1/s1. The number of hydrogen-bond acceptors (Lipinski definition) is 2. The molecule has 0 aromatic heterocycles. The highest BCUT2D eigenvalue weighted by atomic mass is 19.4. The first-order chi connectivity index (χ1) is 7.30. The first-order valence-electron chi connectivity index (χ1n) is 5.34. The van der Waals surface area contributed by atoms with Crippen LogP contribution in [0, 0.1) is 11.8 Å². The molecule has 0 amide bonds. The van der Waals surface area contributed by atoms with Gasteiger partial charge in [-0.15, -0.1) is 0 Å². The fourth-order valence-electron chi connectivity index (χ4n) is 1.93. The van der Waals surface area contributed by atoms with E-state index in [4.69, 9.17) is 10.8 Å². The number of carbonyl (C=O) groups is 1. The Kier molecular flexibility index (Phi) is 4.18. The molecule has 1 aliphatic carbocycles. The van der Waals surface area contributed by atoms with Gasteiger partial charge in [0.2, 0.25) is 0 Å². The Hall–Kier alpha value is -0.780. The third-order valence-electron chi connectivity index (χ3n) is 3.20. The van der Waals surface area contributed by atoms with Crippen molar-refractivity contribution in [2.75, 3.05) is 0 Å². The molecule has 94 valence electrons. The fraction of sp³-hybridized carbons (Fsp3) is 0.900. The molecule has 0 heterocycles. The largest absolute Gasteiger partial charge is 0.481 e. The maximum atomic E-state index is 12.5. The van der Waals surface area contributed by atoms with Crippen molar-refractivity contribution in [3.05, 3.63) is 0 Å². The molecule has 2 atom stereocenters. The van der Waals surface area contributed by atoms with Gasteiger partial charge in [0.15, 0.2) is 0 Å². The summed E-state index contributed by atoms with van der Waals surface area (Å²) in [5.74, 6) is -3.11. The van der Waals surface area contributed by atoms with E-state index in [0.717, 1.165) is 19.3 Å². The SMILES string of the molecule is N[C@H](C[C@H](CC(=O)O)C(F)(F)F)C1CCC1. The van der Waals surface area contributed by atoms with E-state index in [9.17, 15) is 18.0 Å². The van der Waals surface area contributed by atoms with Crippen LogP contribution in [0.3, 0.4) is 0 Å². The molecule has 1 fully saturated rings. The van der Waals surface area contributed by atoms with E-state index in [2.05, 4.69) is 0 Å².